The number of methoxy groups -OCH3 is 1. The van der Waals surface area contributed by atoms with Crippen LogP contribution in [0.1, 0.15) is 11.1 Å². The molecule has 2 aliphatic rings. The summed E-state index contributed by atoms with van der Waals surface area (Å²) in [4.78, 5) is 4.29. The predicted molar refractivity (Wildman–Crippen MR) is 85.5 cm³/mol. The van der Waals surface area contributed by atoms with Gasteiger partial charge in [-0.25, -0.2) is 13.8 Å². The highest BCUT2D eigenvalue weighted by Gasteiger charge is 2.50. The summed E-state index contributed by atoms with van der Waals surface area (Å²) in [6.45, 7) is -0.0673. The third-order valence-electron chi connectivity index (χ3n) is 4.10. The lowest BCUT2D eigenvalue weighted by Crippen LogP contribution is -2.33. The summed E-state index contributed by atoms with van der Waals surface area (Å²) in [5.74, 6) is -1.11. The van der Waals surface area contributed by atoms with Crippen molar-refractivity contribution in [1.82, 2.24) is 0 Å². The maximum Gasteiger partial charge on any atom is 0.283 e. The Morgan fingerprint density at radius 3 is 2.79 bits per heavy atom. The molecule has 0 saturated carbocycles. The minimum absolute atomic E-state index is 0.0244. The molecule has 4 rings (SSSR count). The van der Waals surface area contributed by atoms with Gasteiger partial charge in [0.05, 0.1) is 12.7 Å². The second-order valence-electron chi connectivity index (χ2n) is 5.42. The second-order valence-corrected chi connectivity index (χ2v) is 6.34. The third-order valence-corrected chi connectivity index (χ3v) is 4.56. The Kier molecular flexibility index (Phi) is 3.21. The Hall–Kier alpha value is -2.35. The van der Waals surface area contributed by atoms with Crippen LogP contribution in [0.4, 0.5) is 8.78 Å². The monoisotopic (exact) mass is 396 g/mol. The van der Waals surface area contributed by atoms with Crippen LogP contribution in [0.2, 0.25) is 0 Å². The van der Waals surface area contributed by atoms with Gasteiger partial charge in [0.25, 0.3) is 6.02 Å². The van der Waals surface area contributed by atoms with Gasteiger partial charge in [-0.05, 0) is 24.3 Å². The molecule has 2 aromatic carbocycles. The molecule has 0 bridgehead atoms. The molecule has 1 unspecified atom stereocenters. The number of ether oxygens (including phenoxy) is 3. The van der Waals surface area contributed by atoms with Crippen LogP contribution >= 0.6 is 15.9 Å². The van der Waals surface area contributed by atoms with Crippen LogP contribution in [0.3, 0.4) is 0 Å². The number of amidine groups is 1. The molecule has 2 N–H and O–H groups in total. The predicted octanol–water partition coefficient (Wildman–Crippen LogP) is 3.43. The van der Waals surface area contributed by atoms with E-state index in [0.29, 0.717) is 10.0 Å². The van der Waals surface area contributed by atoms with E-state index in [-0.39, 0.29) is 35.4 Å². The van der Waals surface area contributed by atoms with Crippen molar-refractivity contribution in [2.24, 2.45) is 10.7 Å². The molecule has 0 radical (unpaired) electrons. The molecule has 1 spiro atoms. The van der Waals surface area contributed by atoms with Gasteiger partial charge in [0.15, 0.2) is 28.7 Å². The Morgan fingerprint density at radius 2 is 2.12 bits per heavy atom. The number of benzene rings is 2. The smallest absolute Gasteiger partial charge is 0.283 e. The SMILES string of the molecule is COc1ccc2c(c1F)C1(COC(N)=N1)c1cc(Br)cc(F)c1O2. The average molecular weight is 397 g/mol. The summed E-state index contributed by atoms with van der Waals surface area (Å²) in [5.41, 5.74) is 4.77. The highest BCUT2D eigenvalue weighted by molar-refractivity contribution is 9.10. The molecule has 0 saturated heterocycles. The number of hydrogen-bond donors (Lipinski definition) is 1. The fraction of sp³-hybridized carbons (Fsp3) is 0.188. The van der Waals surface area contributed by atoms with Crippen molar-refractivity contribution in [2.45, 2.75) is 5.54 Å². The van der Waals surface area contributed by atoms with Crippen molar-refractivity contribution in [2.75, 3.05) is 13.7 Å². The van der Waals surface area contributed by atoms with Crippen molar-refractivity contribution in [3.8, 4) is 17.2 Å². The zero-order valence-electron chi connectivity index (χ0n) is 12.4. The lowest BCUT2D eigenvalue weighted by atomic mass is 9.81. The average Bonchev–Trinajstić information content (AvgIpc) is 2.91. The summed E-state index contributed by atoms with van der Waals surface area (Å²) in [7, 11) is 1.36. The van der Waals surface area contributed by atoms with Gasteiger partial charge in [-0.1, -0.05) is 15.9 Å². The van der Waals surface area contributed by atoms with E-state index in [0.717, 1.165) is 0 Å². The van der Waals surface area contributed by atoms with Gasteiger partial charge in [-0.2, -0.15) is 0 Å². The van der Waals surface area contributed by atoms with Gasteiger partial charge in [0.2, 0.25) is 0 Å². The maximum absolute atomic E-state index is 15.0. The van der Waals surface area contributed by atoms with Crippen molar-refractivity contribution >= 4 is 22.0 Å². The van der Waals surface area contributed by atoms with Crippen molar-refractivity contribution < 1.29 is 23.0 Å². The number of hydrogen-bond acceptors (Lipinski definition) is 5. The molecule has 0 amide bonds. The second kappa shape index (κ2) is 5.07. The molecule has 0 fully saturated rings. The minimum Gasteiger partial charge on any atom is -0.494 e. The van der Waals surface area contributed by atoms with Crippen LogP contribution in [-0.4, -0.2) is 19.7 Å². The number of nitrogens with two attached hydrogens (primary N) is 1. The minimum atomic E-state index is -1.34. The Morgan fingerprint density at radius 1 is 1.33 bits per heavy atom. The van der Waals surface area contributed by atoms with Crippen molar-refractivity contribution in [3.05, 3.63) is 51.5 Å². The number of nitrogens with zero attached hydrogens (tertiary/aromatic N) is 1. The van der Waals surface area contributed by atoms with Gasteiger partial charge >= 0.3 is 0 Å². The van der Waals surface area contributed by atoms with Crippen LogP contribution in [0.15, 0.2) is 33.7 Å². The Bertz CT molecular complexity index is 903. The van der Waals surface area contributed by atoms with Gasteiger partial charge in [-0.3, -0.25) is 0 Å². The van der Waals surface area contributed by atoms with Gasteiger partial charge in [0, 0.05) is 10.0 Å². The first kappa shape index (κ1) is 15.2. The maximum atomic E-state index is 15.0. The fourth-order valence-corrected chi connectivity index (χ4v) is 3.51. The Balaban J connectivity index is 2.09. The van der Waals surface area contributed by atoms with E-state index in [2.05, 4.69) is 20.9 Å². The summed E-state index contributed by atoms with van der Waals surface area (Å²) in [6.07, 6.45) is 0. The first-order valence-electron chi connectivity index (χ1n) is 6.99. The highest BCUT2D eigenvalue weighted by atomic mass is 79.9. The largest absolute Gasteiger partial charge is 0.494 e. The van der Waals surface area contributed by atoms with E-state index in [4.69, 9.17) is 19.9 Å². The van der Waals surface area contributed by atoms with E-state index in [9.17, 15) is 8.78 Å². The lowest BCUT2D eigenvalue weighted by molar-refractivity contribution is 0.254. The topological polar surface area (TPSA) is 66.1 Å². The number of rotatable bonds is 1. The van der Waals surface area contributed by atoms with Crippen LogP contribution in [0.5, 0.6) is 17.2 Å². The third kappa shape index (κ3) is 1.92. The van der Waals surface area contributed by atoms with Gasteiger partial charge in [0.1, 0.15) is 12.4 Å². The lowest BCUT2D eigenvalue weighted by Gasteiger charge is -2.34. The standard InChI is InChI=1S/C16H11BrF2N2O3/c1-22-11-3-2-10-12(13(11)19)16(6-23-15(20)21-16)8-4-7(17)5-9(18)14(8)24-10/h2-5H,6H2,1H3,(H2,20,21). The fourth-order valence-electron chi connectivity index (χ4n) is 3.08. The van der Waals surface area contributed by atoms with Gasteiger partial charge < -0.3 is 19.9 Å². The Labute approximate surface area is 144 Å². The summed E-state index contributed by atoms with van der Waals surface area (Å²) in [5, 5.41) is 0. The molecular formula is C16H11BrF2N2O3. The molecule has 0 aromatic heterocycles. The highest BCUT2D eigenvalue weighted by Crippen LogP contribution is 2.54. The molecular weight excluding hydrogens is 386 g/mol. The first-order chi connectivity index (χ1) is 11.5. The van der Waals surface area contributed by atoms with Crippen LogP contribution in [0, 0.1) is 11.6 Å². The van der Waals surface area contributed by atoms with Gasteiger partial charge in [-0.15, -0.1) is 0 Å². The van der Waals surface area contributed by atoms with Crippen LogP contribution in [-0.2, 0) is 10.3 Å². The van der Waals surface area contributed by atoms with E-state index in [1.54, 1.807) is 6.07 Å². The van der Waals surface area contributed by atoms with E-state index >= 15 is 0 Å². The summed E-state index contributed by atoms with van der Waals surface area (Å²) in [6, 6.07) is 5.70. The molecule has 1 atom stereocenters. The molecule has 0 aliphatic carbocycles. The summed E-state index contributed by atoms with van der Waals surface area (Å²) < 4.78 is 45.8. The van der Waals surface area contributed by atoms with E-state index < -0.39 is 17.2 Å². The van der Waals surface area contributed by atoms with Crippen LogP contribution in [0.25, 0.3) is 0 Å². The van der Waals surface area contributed by atoms with Crippen molar-refractivity contribution in [1.29, 1.82) is 0 Å². The molecule has 124 valence electrons. The van der Waals surface area contributed by atoms with Crippen molar-refractivity contribution in [3.63, 3.8) is 0 Å². The number of halogens is 3. The molecule has 24 heavy (non-hydrogen) atoms. The zero-order valence-corrected chi connectivity index (χ0v) is 14.0. The number of aliphatic imine (C=N–C) groups is 1. The van der Waals surface area contributed by atoms with Crippen LogP contribution < -0.4 is 15.2 Å². The first-order valence-corrected chi connectivity index (χ1v) is 7.78. The number of fused-ring (bicyclic) bond motifs is 4. The molecule has 2 aliphatic heterocycles. The zero-order chi connectivity index (χ0) is 17.1. The quantitative estimate of drug-likeness (QED) is 0.801. The van der Waals surface area contributed by atoms with E-state index in [1.807, 2.05) is 0 Å². The molecule has 8 heteroatoms. The molecule has 2 heterocycles. The molecule has 5 nitrogen and oxygen atoms in total. The molecule has 2 aromatic rings. The van der Waals surface area contributed by atoms with E-state index in [1.165, 1.54) is 25.3 Å². The summed E-state index contributed by atoms with van der Waals surface area (Å²) >= 11 is 3.24. The normalized spacial score (nSPS) is 20.8.